The van der Waals surface area contributed by atoms with Crippen molar-refractivity contribution >= 4 is 0 Å². The number of nitrogens with zero attached hydrogens (tertiary/aromatic N) is 7. The van der Waals surface area contributed by atoms with Crippen LogP contribution in [0, 0.1) is 0 Å². The van der Waals surface area contributed by atoms with Crippen molar-refractivity contribution in [3.63, 3.8) is 0 Å². The van der Waals surface area contributed by atoms with Crippen molar-refractivity contribution in [3.05, 3.63) is 88.9 Å². The van der Waals surface area contributed by atoms with Crippen molar-refractivity contribution in [3.8, 4) is 28.5 Å². The number of nitrogens with one attached hydrogen (secondary N) is 1. The zero-order valence-corrected chi connectivity index (χ0v) is 19.2. The lowest BCUT2D eigenvalue weighted by Gasteiger charge is -2.09. The Labute approximate surface area is 196 Å². The number of hydrogen-bond acceptors (Lipinski definition) is 5. The van der Waals surface area contributed by atoms with E-state index in [9.17, 15) is 4.79 Å². The van der Waals surface area contributed by atoms with Crippen LogP contribution in [-0.4, -0.2) is 39.3 Å². The number of tetrazole rings is 1. The summed E-state index contributed by atoms with van der Waals surface area (Å²) in [5.41, 5.74) is 4.58. The molecule has 0 saturated heterocycles. The van der Waals surface area contributed by atoms with E-state index in [4.69, 9.17) is 4.98 Å². The van der Waals surface area contributed by atoms with Crippen LogP contribution in [0.3, 0.4) is 0 Å². The summed E-state index contributed by atoms with van der Waals surface area (Å²) < 4.78 is 5.54. The number of rotatable bonds is 8. The minimum absolute atomic E-state index is 0.0415. The van der Waals surface area contributed by atoms with Gasteiger partial charge >= 0.3 is 5.69 Å². The quantitative estimate of drug-likeness (QED) is 0.386. The maximum absolute atomic E-state index is 13.3. The molecular formula is C25H26N8O. The molecule has 34 heavy (non-hydrogen) atoms. The van der Waals surface area contributed by atoms with Gasteiger partial charge in [-0.15, -0.1) is 5.10 Å². The van der Waals surface area contributed by atoms with Crippen LogP contribution in [0.2, 0.25) is 0 Å². The van der Waals surface area contributed by atoms with E-state index >= 15 is 0 Å². The van der Waals surface area contributed by atoms with Crippen LogP contribution in [0.4, 0.5) is 0 Å². The van der Waals surface area contributed by atoms with Crippen molar-refractivity contribution < 1.29 is 0 Å². The Balaban J connectivity index is 1.47. The molecule has 172 valence electrons. The number of benzene rings is 1. The van der Waals surface area contributed by atoms with Crippen molar-refractivity contribution in [1.82, 2.24) is 39.3 Å². The van der Waals surface area contributed by atoms with Crippen LogP contribution in [0.5, 0.6) is 0 Å². The van der Waals surface area contributed by atoms with Crippen LogP contribution in [0.15, 0.2) is 71.9 Å². The summed E-state index contributed by atoms with van der Waals surface area (Å²) in [4.78, 5) is 18.0. The molecule has 4 heterocycles. The first kappa shape index (κ1) is 21.6. The second kappa shape index (κ2) is 9.30. The topological polar surface area (TPSA) is 99.2 Å². The average molecular weight is 455 g/mol. The lowest BCUT2D eigenvalue weighted by Crippen LogP contribution is -2.25. The molecule has 0 aliphatic heterocycles. The Hall–Kier alpha value is -4.27. The van der Waals surface area contributed by atoms with Crippen LogP contribution >= 0.6 is 0 Å². The molecule has 0 unspecified atom stereocenters. The van der Waals surface area contributed by atoms with Crippen LogP contribution in [0.1, 0.15) is 31.0 Å². The van der Waals surface area contributed by atoms with E-state index in [2.05, 4.69) is 27.5 Å². The summed E-state index contributed by atoms with van der Waals surface area (Å²) in [7, 11) is 1.94. The van der Waals surface area contributed by atoms with Crippen LogP contribution < -0.4 is 5.69 Å². The predicted molar refractivity (Wildman–Crippen MR) is 130 cm³/mol. The molecule has 0 fully saturated rings. The fourth-order valence-electron chi connectivity index (χ4n) is 4.17. The third-order valence-corrected chi connectivity index (χ3v) is 5.98. The Morgan fingerprint density at radius 1 is 1.03 bits per heavy atom. The first-order chi connectivity index (χ1) is 16.7. The van der Waals surface area contributed by atoms with Gasteiger partial charge in [0.15, 0.2) is 5.82 Å². The zero-order chi connectivity index (χ0) is 23.5. The summed E-state index contributed by atoms with van der Waals surface area (Å²) >= 11 is 0. The third kappa shape index (κ3) is 4.07. The molecule has 0 amide bonds. The van der Waals surface area contributed by atoms with Crippen LogP contribution in [0.25, 0.3) is 28.5 Å². The van der Waals surface area contributed by atoms with Gasteiger partial charge in [-0.25, -0.2) is 9.89 Å². The molecule has 5 rings (SSSR count). The summed E-state index contributed by atoms with van der Waals surface area (Å²) in [6.45, 7) is 2.63. The molecule has 0 saturated carbocycles. The molecule has 1 aromatic carbocycles. The number of aryl methyl sites for hydroxylation is 2. The first-order valence-electron chi connectivity index (χ1n) is 11.4. The number of aromatic amines is 1. The van der Waals surface area contributed by atoms with Gasteiger partial charge in [-0.05, 0) is 47.0 Å². The Kier molecular flexibility index (Phi) is 5.90. The van der Waals surface area contributed by atoms with Gasteiger partial charge in [-0.2, -0.15) is 0 Å². The van der Waals surface area contributed by atoms with Gasteiger partial charge in [0, 0.05) is 42.5 Å². The Morgan fingerprint density at radius 2 is 1.88 bits per heavy atom. The van der Waals surface area contributed by atoms with E-state index in [0.29, 0.717) is 12.4 Å². The lowest BCUT2D eigenvalue weighted by molar-refractivity contribution is 0.669. The summed E-state index contributed by atoms with van der Waals surface area (Å²) in [5, 5.41) is 14.2. The van der Waals surface area contributed by atoms with E-state index in [1.807, 2.05) is 83.3 Å². The smallest absolute Gasteiger partial charge is 0.334 e. The summed E-state index contributed by atoms with van der Waals surface area (Å²) in [6.07, 6.45) is 8.70. The van der Waals surface area contributed by atoms with Gasteiger partial charge in [0.25, 0.3) is 0 Å². The SMILES string of the molecule is CCCCc1cn(-c2cccn2C)c(=O)n1Cc1ccc(-c2ccccc2-c2nnn[nH]2)nc1. The number of unbranched alkanes of at least 4 members (excludes halogenated alkanes) is 1. The largest absolute Gasteiger partial charge is 0.337 e. The number of hydrogen-bond donors (Lipinski definition) is 1. The highest BCUT2D eigenvalue weighted by Crippen LogP contribution is 2.28. The van der Waals surface area contributed by atoms with Gasteiger partial charge in [-0.1, -0.05) is 43.7 Å². The highest BCUT2D eigenvalue weighted by molar-refractivity contribution is 5.78. The van der Waals surface area contributed by atoms with Gasteiger partial charge in [0.2, 0.25) is 0 Å². The van der Waals surface area contributed by atoms with Crippen molar-refractivity contribution in [2.45, 2.75) is 32.7 Å². The fourth-order valence-corrected chi connectivity index (χ4v) is 4.17. The van der Waals surface area contributed by atoms with Crippen LogP contribution in [-0.2, 0) is 20.0 Å². The minimum atomic E-state index is -0.0415. The van der Waals surface area contributed by atoms with E-state index < -0.39 is 0 Å². The maximum atomic E-state index is 13.3. The number of imidazole rings is 1. The molecule has 1 N–H and O–H groups in total. The molecule has 9 nitrogen and oxygen atoms in total. The maximum Gasteiger partial charge on any atom is 0.334 e. The summed E-state index contributed by atoms with van der Waals surface area (Å²) in [6, 6.07) is 15.7. The molecule has 0 radical (unpaired) electrons. The van der Waals surface area contributed by atoms with Gasteiger partial charge in [-0.3, -0.25) is 14.1 Å². The molecular weight excluding hydrogens is 428 g/mol. The second-order valence-electron chi connectivity index (χ2n) is 8.29. The molecule has 0 bridgehead atoms. The molecule has 5 aromatic rings. The molecule has 0 aliphatic rings. The van der Waals surface area contributed by atoms with Crippen molar-refractivity contribution in [2.75, 3.05) is 0 Å². The van der Waals surface area contributed by atoms with E-state index in [-0.39, 0.29) is 5.69 Å². The zero-order valence-electron chi connectivity index (χ0n) is 19.2. The summed E-state index contributed by atoms with van der Waals surface area (Å²) in [5.74, 6) is 1.45. The van der Waals surface area contributed by atoms with Crippen molar-refractivity contribution in [1.29, 1.82) is 0 Å². The molecule has 0 atom stereocenters. The number of H-pyrrole nitrogens is 1. The van der Waals surface area contributed by atoms with E-state index in [1.54, 1.807) is 4.57 Å². The minimum Gasteiger partial charge on any atom is -0.337 e. The first-order valence-corrected chi connectivity index (χ1v) is 11.4. The predicted octanol–water partition coefficient (Wildman–Crippen LogP) is 3.61. The molecule has 4 aromatic heterocycles. The van der Waals surface area contributed by atoms with Gasteiger partial charge in [0.05, 0.1) is 12.2 Å². The van der Waals surface area contributed by atoms with Gasteiger partial charge in [0.1, 0.15) is 5.82 Å². The van der Waals surface area contributed by atoms with Gasteiger partial charge < -0.3 is 4.57 Å². The standard InChI is InChI=1S/C25H26N8O/c1-3-4-8-19-17-33(23-11-7-14-31(23)2)25(34)32(19)16-18-12-13-22(26-15-18)20-9-5-6-10-21(20)24-27-29-30-28-24/h5-7,9-15,17H,3-4,8,16H2,1-2H3,(H,27,28,29,30). The Morgan fingerprint density at radius 3 is 2.56 bits per heavy atom. The monoisotopic (exact) mass is 454 g/mol. The Bertz CT molecular complexity index is 1440. The molecule has 0 aliphatic carbocycles. The molecule has 9 heteroatoms. The average Bonchev–Trinajstić information content (AvgIpc) is 3.61. The third-order valence-electron chi connectivity index (χ3n) is 5.98. The normalized spacial score (nSPS) is 11.2. The van der Waals surface area contributed by atoms with Crippen molar-refractivity contribution in [2.24, 2.45) is 7.05 Å². The fraction of sp³-hybridized carbons (Fsp3) is 0.240. The highest BCUT2D eigenvalue weighted by Gasteiger charge is 2.15. The lowest BCUT2D eigenvalue weighted by atomic mass is 10.0. The highest BCUT2D eigenvalue weighted by atomic mass is 16.1. The second-order valence-corrected chi connectivity index (χ2v) is 8.29. The number of aromatic nitrogens is 8. The number of pyridine rings is 1. The molecule has 0 spiro atoms. The van der Waals surface area contributed by atoms with E-state index in [1.165, 1.54) is 0 Å². The van der Waals surface area contributed by atoms with E-state index in [0.717, 1.165) is 53.2 Å².